The van der Waals surface area contributed by atoms with Gasteiger partial charge < -0.3 is 14.8 Å². The summed E-state index contributed by atoms with van der Waals surface area (Å²) in [5.41, 5.74) is 8.32. The van der Waals surface area contributed by atoms with Crippen molar-refractivity contribution in [1.82, 2.24) is 0 Å². The number of aliphatic imine (C=N–C) groups is 1. The Labute approximate surface area is 250 Å². The van der Waals surface area contributed by atoms with Crippen molar-refractivity contribution in [2.45, 2.75) is 38.8 Å². The fourth-order valence-corrected chi connectivity index (χ4v) is 6.54. The molecule has 0 saturated carbocycles. The molecule has 0 aromatic heterocycles. The zero-order valence-electron chi connectivity index (χ0n) is 22.8. The summed E-state index contributed by atoms with van der Waals surface area (Å²) in [7, 11) is 0. The molecule has 1 N–H and O–H groups in total. The van der Waals surface area contributed by atoms with E-state index in [9.17, 15) is 0 Å². The normalized spacial score (nSPS) is 19.2. The second kappa shape index (κ2) is 11.9. The van der Waals surface area contributed by atoms with Gasteiger partial charge in [0.1, 0.15) is 6.61 Å². The lowest BCUT2D eigenvalue weighted by Crippen LogP contribution is -2.29. The van der Waals surface area contributed by atoms with E-state index in [1.54, 1.807) is 0 Å². The predicted molar refractivity (Wildman–Crippen MR) is 172 cm³/mol. The Balaban J connectivity index is 1.18. The van der Waals surface area contributed by atoms with Gasteiger partial charge in [-0.15, -0.1) is 0 Å². The van der Waals surface area contributed by atoms with Gasteiger partial charge in [-0.1, -0.05) is 72.3 Å². The number of hydrogen-bond donors (Lipinski definition) is 1. The third-order valence-corrected chi connectivity index (χ3v) is 8.49. The van der Waals surface area contributed by atoms with Crippen LogP contribution in [0.4, 0.5) is 11.4 Å². The second-order valence-corrected chi connectivity index (χ2v) is 11.6. The van der Waals surface area contributed by atoms with Gasteiger partial charge in [0.25, 0.3) is 0 Å². The number of ether oxygens (including phenoxy) is 2. The standard InChI is InChI=1S/C35H33IN2O2/c1-3-39-33-20-25(19-31(36)35(33)40-22-24-8-5-4-6-9-24)21-37-27-15-13-26(14-16-27)34-29-11-7-10-28(29)30-18-23(2)12-17-32(30)38-34/h4-10,12-21,28-29,34,38H,3,11,22H2,1-2H3/t28-,29-,34-/m0/s1. The van der Waals surface area contributed by atoms with E-state index in [0.717, 1.165) is 38.3 Å². The average molecular weight is 641 g/mol. The lowest BCUT2D eigenvalue weighted by atomic mass is 9.76. The quantitative estimate of drug-likeness (QED) is 0.119. The van der Waals surface area contributed by atoms with Gasteiger partial charge in [0.05, 0.1) is 21.9 Å². The largest absolute Gasteiger partial charge is 0.490 e. The van der Waals surface area contributed by atoms with Crippen LogP contribution in [0.15, 0.2) is 102 Å². The van der Waals surface area contributed by atoms with Crippen LogP contribution in [0, 0.1) is 16.4 Å². The van der Waals surface area contributed by atoms with E-state index in [4.69, 9.17) is 14.5 Å². The van der Waals surface area contributed by atoms with Crippen LogP contribution in [0.1, 0.15) is 53.1 Å². The fourth-order valence-electron chi connectivity index (χ4n) is 5.76. The molecule has 0 saturated heterocycles. The summed E-state index contributed by atoms with van der Waals surface area (Å²) in [5.74, 6) is 2.51. The van der Waals surface area contributed by atoms with E-state index in [1.807, 2.05) is 37.4 Å². The first kappa shape index (κ1) is 26.6. The summed E-state index contributed by atoms with van der Waals surface area (Å²) in [6.45, 7) is 5.22. The van der Waals surface area contributed by atoms with Crippen LogP contribution in [0.25, 0.3) is 0 Å². The summed E-state index contributed by atoms with van der Waals surface area (Å²) in [4.78, 5) is 4.78. The molecule has 1 aliphatic heterocycles. The second-order valence-electron chi connectivity index (χ2n) is 10.5. The molecule has 0 radical (unpaired) electrons. The highest BCUT2D eigenvalue weighted by Crippen LogP contribution is 2.50. The summed E-state index contributed by atoms with van der Waals surface area (Å²) < 4.78 is 13.1. The van der Waals surface area contributed by atoms with Crippen LogP contribution in [-0.4, -0.2) is 12.8 Å². The van der Waals surface area contributed by atoms with Crippen LogP contribution >= 0.6 is 22.6 Å². The molecule has 4 aromatic carbocycles. The summed E-state index contributed by atoms with van der Waals surface area (Å²) in [6.07, 6.45) is 7.73. The number of halogens is 1. The van der Waals surface area contributed by atoms with Crippen molar-refractivity contribution in [2.75, 3.05) is 11.9 Å². The van der Waals surface area contributed by atoms with E-state index < -0.39 is 0 Å². The fraction of sp³-hybridized carbons (Fsp3) is 0.229. The molecule has 2 aliphatic rings. The molecule has 0 bridgehead atoms. The highest BCUT2D eigenvalue weighted by Gasteiger charge is 2.37. The summed E-state index contributed by atoms with van der Waals surface area (Å²) in [6, 6.07) is 30.0. The molecular weight excluding hydrogens is 607 g/mol. The van der Waals surface area contributed by atoms with Gasteiger partial charge in [0.15, 0.2) is 11.5 Å². The maximum absolute atomic E-state index is 6.17. The van der Waals surface area contributed by atoms with Gasteiger partial charge in [0.2, 0.25) is 0 Å². The van der Waals surface area contributed by atoms with Gasteiger partial charge in [-0.05, 0) is 101 Å². The van der Waals surface area contributed by atoms with Crippen molar-refractivity contribution < 1.29 is 9.47 Å². The zero-order valence-corrected chi connectivity index (χ0v) is 25.0. The van der Waals surface area contributed by atoms with Crippen LogP contribution in [0.3, 0.4) is 0 Å². The van der Waals surface area contributed by atoms with Gasteiger partial charge in [-0.2, -0.15) is 0 Å². The first-order chi connectivity index (χ1) is 19.6. The van der Waals surface area contributed by atoms with Crippen LogP contribution in [0.2, 0.25) is 0 Å². The first-order valence-electron chi connectivity index (χ1n) is 13.9. The zero-order chi connectivity index (χ0) is 27.5. The molecule has 4 aromatic rings. The molecule has 3 atom stereocenters. The Morgan fingerprint density at radius 1 is 0.975 bits per heavy atom. The number of aryl methyl sites for hydroxylation is 1. The van der Waals surface area contributed by atoms with E-state index >= 15 is 0 Å². The van der Waals surface area contributed by atoms with Gasteiger partial charge >= 0.3 is 0 Å². The molecule has 40 heavy (non-hydrogen) atoms. The van der Waals surface area contributed by atoms with E-state index in [2.05, 4.69) is 108 Å². The topological polar surface area (TPSA) is 42.8 Å². The Morgan fingerprint density at radius 3 is 2.60 bits per heavy atom. The minimum atomic E-state index is 0.284. The summed E-state index contributed by atoms with van der Waals surface area (Å²) >= 11 is 2.31. The summed E-state index contributed by atoms with van der Waals surface area (Å²) in [5, 5.41) is 3.83. The molecule has 6 rings (SSSR count). The Bertz CT molecular complexity index is 1550. The van der Waals surface area contributed by atoms with Crippen molar-refractivity contribution in [3.8, 4) is 11.5 Å². The monoisotopic (exact) mass is 640 g/mol. The Kier molecular flexibility index (Phi) is 7.91. The van der Waals surface area contributed by atoms with Crippen LogP contribution in [0.5, 0.6) is 11.5 Å². The molecule has 1 aliphatic carbocycles. The molecule has 5 heteroatoms. The highest BCUT2D eigenvalue weighted by molar-refractivity contribution is 14.1. The average Bonchev–Trinajstić information content (AvgIpc) is 3.47. The predicted octanol–water partition coefficient (Wildman–Crippen LogP) is 9.15. The Hall–Kier alpha value is -3.58. The number of hydrogen-bond acceptors (Lipinski definition) is 4. The number of allylic oxidation sites excluding steroid dienone is 2. The van der Waals surface area contributed by atoms with Gasteiger partial charge in [-0.3, -0.25) is 4.99 Å². The number of anilines is 1. The third-order valence-electron chi connectivity index (χ3n) is 7.69. The number of benzene rings is 4. The minimum absolute atomic E-state index is 0.284. The van der Waals surface area contributed by atoms with Crippen molar-refractivity contribution in [1.29, 1.82) is 0 Å². The molecule has 4 nitrogen and oxygen atoms in total. The third kappa shape index (κ3) is 5.66. The first-order valence-corrected chi connectivity index (χ1v) is 15.0. The van der Waals surface area contributed by atoms with Crippen molar-refractivity contribution >= 4 is 40.2 Å². The number of nitrogens with one attached hydrogen (secondary N) is 1. The van der Waals surface area contributed by atoms with Crippen LogP contribution in [-0.2, 0) is 6.61 Å². The Morgan fingerprint density at radius 2 is 1.80 bits per heavy atom. The molecular formula is C35H33IN2O2. The SMILES string of the molecule is CCOc1cc(C=Nc2ccc([C@@H]3Nc4ccc(C)cc4[C@H]4C=CC[C@@H]43)cc2)cc(I)c1OCc1ccccc1. The number of fused-ring (bicyclic) bond motifs is 3. The van der Waals surface area contributed by atoms with Crippen LogP contribution < -0.4 is 14.8 Å². The van der Waals surface area contributed by atoms with Gasteiger partial charge in [0, 0.05) is 17.8 Å². The van der Waals surface area contributed by atoms with E-state index in [-0.39, 0.29) is 6.04 Å². The maximum Gasteiger partial charge on any atom is 0.175 e. The maximum atomic E-state index is 6.17. The van der Waals surface area contributed by atoms with Crippen molar-refractivity contribution in [3.63, 3.8) is 0 Å². The van der Waals surface area contributed by atoms with E-state index in [1.165, 1.54) is 22.4 Å². The molecule has 0 fully saturated rings. The van der Waals surface area contributed by atoms with E-state index in [0.29, 0.717) is 25.0 Å². The smallest absolute Gasteiger partial charge is 0.175 e. The van der Waals surface area contributed by atoms with Crippen molar-refractivity contribution in [2.24, 2.45) is 10.9 Å². The minimum Gasteiger partial charge on any atom is -0.490 e. The molecule has 1 heterocycles. The molecule has 0 unspecified atom stereocenters. The van der Waals surface area contributed by atoms with Crippen molar-refractivity contribution in [3.05, 3.63) is 128 Å². The number of rotatable bonds is 8. The van der Waals surface area contributed by atoms with Gasteiger partial charge in [-0.25, -0.2) is 0 Å². The highest BCUT2D eigenvalue weighted by atomic mass is 127. The lowest BCUT2D eigenvalue weighted by molar-refractivity contribution is 0.267. The number of nitrogens with zero attached hydrogens (tertiary/aromatic N) is 1. The lowest BCUT2D eigenvalue weighted by Gasteiger charge is -2.37. The molecule has 0 spiro atoms. The molecule has 202 valence electrons. The molecule has 0 amide bonds.